The second-order valence-corrected chi connectivity index (χ2v) is 8.85. The fourth-order valence-electron chi connectivity index (χ4n) is 4.56. The van der Waals surface area contributed by atoms with Crippen LogP contribution in [0.3, 0.4) is 0 Å². The van der Waals surface area contributed by atoms with E-state index in [0.29, 0.717) is 0 Å². The van der Waals surface area contributed by atoms with E-state index in [4.69, 9.17) is 0 Å². The summed E-state index contributed by atoms with van der Waals surface area (Å²) in [6.07, 6.45) is 9.26. The highest BCUT2D eigenvalue weighted by Crippen LogP contribution is 2.27. The van der Waals surface area contributed by atoms with E-state index in [-0.39, 0.29) is 5.91 Å². The Labute approximate surface area is 165 Å². The zero-order chi connectivity index (χ0) is 19.2. The van der Waals surface area contributed by atoms with Crippen molar-refractivity contribution in [3.05, 3.63) is 29.8 Å². The van der Waals surface area contributed by atoms with Gasteiger partial charge < -0.3 is 14.7 Å². The summed E-state index contributed by atoms with van der Waals surface area (Å²) in [5, 5.41) is 0. The monoisotopic (exact) mass is 371 g/mol. The third kappa shape index (κ3) is 5.71. The minimum atomic E-state index is 0.199. The largest absolute Gasteiger partial charge is 0.378 e. The first-order chi connectivity index (χ1) is 13.0. The molecule has 2 fully saturated rings. The van der Waals surface area contributed by atoms with Gasteiger partial charge >= 0.3 is 0 Å². The Morgan fingerprint density at radius 3 is 1.96 bits per heavy atom. The number of carbonyl (C=O) groups excluding carboxylic acids is 1. The fraction of sp³-hybridized carbons (Fsp3) is 0.696. The van der Waals surface area contributed by atoms with E-state index >= 15 is 0 Å². The summed E-state index contributed by atoms with van der Waals surface area (Å²) in [7, 11) is 6.28. The number of anilines is 1. The van der Waals surface area contributed by atoms with Gasteiger partial charge in [-0.3, -0.25) is 4.79 Å². The predicted octanol–water partition coefficient (Wildman–Crippen LogP) is 4.12. The van der Waals surface area contributed by atoms with E-state index in [1.165, 1.54) is 58.0 Å². The maximum absolute atomic E-state index is 12.7. The summed E-state index contributed by atoms with van der Waals surface area (Å²) < 4.78 is 0. The van der Waals surface area contributed by atoms with Gasteiger partial charge in [-0.15, -0.1) is 0 Å². The molecule has 0 atom stereocenters. The van der Waals surface area contributed by atoms with Crippen molar-refractivity contribution in [2.75, 3.05) is 52.2 Å². The maximum atomic E-state index is 12.7. The highest BCUT2D eigenvalue weighted by Gasteiger charge is 2.24. The lowest BCUT2D eigenvalue weighted by Gasteiger charge is -2.33. The van der Waals surface area contributed by atoms with E-state index in [0.717, 1.165) is 36.2 Å². The molecule has 0 unspecified atom stereocenters. The zero-order valence-electron chi connectivity index (χ0n) is 17.5. The topological polar surface area (TPSA) is 26.8 Å². The number of benzene rings is 1. The first-order valence-electron chi connectivity index (χ1n) is 10.8. The van der Waals surface area contributed by atoms with Crippen molar-refractivity contribution < 1.29 is 4.79 Å². The zero-order valence-corrected chi connectivity index (χ0v) is 17.5. The van der Waals surface area contributed by atoms with Gasteiger partial charge in [-0.25, -0.2) is 0 Å². The molecule has 4 heteroatoms. The first-order valence-corrected chi connectivity index (χ1v) is 10.8. The maximum Gasteiger partial charge on any atom is 0.253 e. The summed E-state index contributed by atoms with van der Waals surface area (Å²) in [4.78, 5) is 19.3. The summed E-state index contributed by atoms with van der Waals surface area (Å²) >= 11 is 0. The normalized spacial score (nSPS) is 20.0. The molecule has 4 nitrogen and oxygen atoms in total. The van der Waals surface area contributed by atoms with Gasteiger partial charge in [0.05, 0.1) is 0 Å². The standard InChI is InChI=1S/C23H37N3O/c1-24(2)22-9-7-21(8-10-22)23(27)26-17-13-20(14-18-26)6-4-5-19-11-15-25(3)16-12-19/h7-10,19-20H,4-6,11-18H2,1-3H3. The van der Waals surface area contributed by atoms with E-state index in [1.54, 1.807) is 0 Å². The average molecular weight is 372 g/mol. The van der Waals surface area contributed by atoms with E-state index in [1.807, 2.05) is 38.4 Å². The van der Waals surface area contributed by atoms with Crippen LogP contribution < -0.4 is 4.90 Å². The first kappa shape index (κ1) is 20.2. The van der Waals surface area contributed by atoms with Gasteiger partial charge in [0.1, 0.15) is 0 Å². The van der Waals surface area contributed by atoms with Crippen molar-refractivity contribution >= 4 is 11.6 Å². The number of nitrogens with zero attached hydrogens (tertiary/aromatic N) is 3. The molecule has 0 bridgehead atoms. The van der Waals surface area contributed by atoms with E-state index < -0.39 is 0 Å². The highest BCUT2D eigenvalue weighted by molar-refractivity contribution is 5.94. The van der Waals surface area contributed by atoms with Crippen molar-refractivity contribution in [1.82, 2.24) is 9.80 Å². The van der Waals surface area contributed by atoms with Crippen molar-refractivity contribution in [3.63, 3.8) is 0 Å². The van der Waals surface area contributed by atoms with Crippen LogP contribution in [0.25, 0.3) is 0 Å². The molecule has 0 aromatic heterocycles. The molecule has 0 spiro atoms. The Hall–Kier alpha value is -1.55. The highest BCUT2D eigenvalue weighted by atomic mass is 16.2. The average Bonchev–Trinajstić information content (AvgIpc) is 2.69. The summed E-state index contributed by atoms with van der Waals surface area (Å²) in [6.45, 7) is 4.40. The second-order valence-electron chi connectivity index (χ2n) is 8.85. The molecule has 0 saturated carbocycles. The number of carbonyl (C=O) groups is 1. The van der Waals surface area contributed by atoms with Crippen LogP contribution in [0.4, 0.5) is 5.69 Å². The van der Waals surface area contributed by atoms with Gasteiger partial charge in [-0.1, -0.05) is 19.3 Å². The van der Waals surface area contributed by atoms with Gasteiger partial charge in [0, 0.05) is 38.4 Å². The van der Waals surface area contributed by atoms with Crippen LogP contribution in [-0.4, -0.2) is 63.0 Å². The Morgan fingerprint density at radius 1 is 0.926 bits per heavy atom. The molecule has 2 aliphatic rings. The lowest BCUT2D eigenvalue weighted by molar-refractivity contribution is 0.0684. The molecule has 0 aliphatic carbocycles. The minimum absolute atomic E-state index is 0.199. The molecule has 2 aliphatic heterocycles. The predicted molar refractivity (Wildman–Crippen MR) is 113 cm³/mol. The van der Waals surface area contributed by atoms with E-state index in [9.17, 15) is 4.79 Å². The smallest absolute Gasteiger partial charge is 0.253 e. The minimum Gasteiger partial charge on any atom is -0.378 e. The van der Waals surface area contributed by atoms with Crippen LogP contribution in [0.15, 0.2) is 24.3 Å². The molecule has 2 heterocycles. The van der Waals surface area contributed by atoms with Crippen molar-refractivity contribution in [3.8, 4) is 0 Å². The van der Waals surface area contributed by atoms with Crippen LogP contribution >= 0.6 is 0 Å². The van der Waals surface area contributed by atoms with Gasteiger partial charge in [-0.05, 0) is 81.9 Å². The second kappa shape index (κ2) is 9.59. The van der Waals surface area contributed by atoms with Crippen LogP contribution in [0, 0.1) is 11.8 Å². The van der Waals surface area contributed by atoms with Crippen LogP contribution in [-0.2, 0) is 0 Å². The lowest BCUT2D eigenvalue weighted by Crippen LogP contribution is -2.38. The Bertz CT molecular complexity index is 582. The van der Waals surface area contributed by atoms with E-state index in [2.05, 4.69) is 21.7 Å². The molecule has 1 aromatic carbocycles. The number of hydrogen-bond acceptors (Lipinski definition) is 3. The quantitative estimate of drug-likeness (QED) is 0.753. The number of piperidine rings is 2. The third-order valence-corrected chi connectivity index (χ3v) is 6.60. The molecular formula is C23H37N3O. The van der Waals surface area contributed by atoms with Gasteiger partial charge in [0.15, 0.2) is 0 Å². The van der Waals surface area contributed by atoms with Gasteiger partial charge in [-0.2, -0.15) is 0 Å². The van der Waals surface area contributed by atoms with Crippen LogP contribution in [0.2, 0.25) is 0 Å². The Balaban J connectivity index is 1.37. The molecule has 1 amide bonds. The van der Waals surface area contributed by atoms with Crippen molar-refractivity contribution in [2.24, 2.45) is 11.8 Å². The molecular weight excluding hydrogens is 334 g/mol. The molecule has 27 heavy (non-hydrogen) atoms. The molecule has 1 aromatic rings. The van der Waals surface area contributed by atoms with Gasteiger partial charge in [0.25, 0.3) is 5.91 Å². The molecule has 3 rings (SSSR count). The number of likely N-dealkylation sites (tertiary alicyclic amines) is 2. The fourth-order valence-corrected chi connectivity index (χ4v) is 4.56. The van der Waals surface area contributed by atoms with Gasteiger partial charge in [0.2, 0.25) is 0 Å². The summed E-state index contributed by atoms with van der Waals surface area (Å²) in [5.41, 5.74) is 1.95. The molecule has 0 radical (unpaired) electrons. The molecule has 0 N–H and O–H groups in total. The van der Waals surface area contributed by atoms with Crippen LogP contribution in [0.1, 0.15) is 55.3 Å². The van der Waals surface area contributed by atoms with Crippen LogP contribution in [0.5, 0.6) is 0 Å². The number of rotatable bonds is 6. The molecule has 2 saturated heterocycles. The SMILES string of the molecule is CN1CCC(CCCC2CCN(C(=O)c3ccc(N(C)C)cc3)CC2)CC1. The molecule has 150 valence electrons. The third-order valence-electron chi connectivity index (χ3n) is 6.60. The Kier molecular flexibility index (Phi) is 7.17. The van der Waals surface area contributed by atoms with Crippen molar-refractivity contribution in [1.29, 1.82) is 0 Å². The number of amides is 1. The number of hydrogen-bond donors (Lipinski definition) is 0. The summed E-state index contributed by atoms with van der Waals surface area (Å²) in [5.74, 6) is 1.97. The van der Waals surface area contributed by atoms with Crippen molar-refractivity contribution in [2.45, 2.75) is 44.9 Å². The summed E-state index contributed by atoms with van der Waals surface area (Å²) in [6, 6.07) is 7.99. The lowest BCUT2D eigenvalue weighted by atomic mass is 9.87. The Morgan fingerprint density at radius 2 is 1.44 bits per heavy atom.